The molecular weight excluding hydrogens is 194 g/mol. The zero-order valence-corrected chi connectivity index (χ0v) is 9.23. The number of carbonyl (C=O) groups is 1. The lowest BCUT2D eigenvalue weighted by Gasteiger charge is -2.20. The molecule has 0 spiro atoms. The molecule has 0 saturated heterocycles. The van der Waals surface area contributed by atoms with Crippen molar-refractivity contribution in [1.29, 1.82) is 0 Å². The Bertz CT molecular complexity index is 282. The van der Waals surface area contributed by atoms with Crippen molar-refractivity contribution in [2.75, 3.05) is 20.3 Å². The van der Waals surface area contributed by atoms with Crippen LogP contribution in [0.4, 0.5) is 0 Å². The molecule has 0 aliphatic rings. The van der Waals surface area contributed by atoms with E-state index in [4.69, 9.17) is 9.15 Å². The summed E-state index contributed by atoms with van der Waals surface area (Å²) in [6.45, 7) is 3.52. The van der Waals surface area contributed by atoms with Crippen LogP contribution in [0.2, 0.25) is 0 Å². The number of methoxy groups -OCH3 is 1. The van der Waals surface area contributed by atoms with Gasteiger partial charge in [0.15, 0.2) is 0 Å². The van der Waals surface area contributed by atoms with Gasteiger partial charge in [0.25, 0.3) is 0 Å². The van der Waals surface area contributed by atoms with Crippen LogP contribution in [0.5, 0.6) is 0 Å². The van der Waals surface area contributed by atoms with E-state index in [2.05, 4.69) is 0 Å². The van der Waals surface area contributed by atoms with E-state index in [0.717, 1.165) is 5.76 Å². The molecule has 0 atom stereocenters. The van der Waals surface area contributed by atoms with E-state index in [1.54, 1.807) is 18.3 Å². The summed E-state index contributed by atoms with van der Waals surface area (Å²) in [5, 5.41) is 0. The highest BCUT2D eigenvalue weighted by Crippen LogP contribution is 2.06. The first-order valence-corrected chi connectivity index (χ1v) is 5.07. The lowest BCUT2D eigenvalue weighted by atomic mass is 10.3. The number of rotatable bonds is 6. The highest BCUT2D eigenvalue weighted by Gasteiger charge is 2.12. The SMILES string of the molecule is CCC(=O)N(CCOC)Cc1ccco1. The van der Waals surface area contributed by atoms with Crippen molar-refractivity contribution in [3.8, 4) is 0 Å². The van der Waals surface area contributed by atoms with E-state index in [9.17, 15) is 4.79 Å². The van der Waals surface area contributed by atoms with Gasteiger partial charge in [-0.3, -0.25) is 4.79 Å². The molecule has 15 heavy (non-hydrogen) atoms. The lowest BCUT2D eigenvalue weighted by molar-refractivity contribution is -0.132. The van der Waals surface area contributed by atoms with E-state index >= 15 is 0 Å². The number of ether oxygens (including phenoxy) is 1. The lowest BCUT2D eigenvalue weighted by Crippen LogP contribution is -2.32. The highest BCUT2D eigenvalue weighted by atomic mass is 16.5. The summed E-state index contributed by atoms with van der Waals surface area (Å²) in [6.07, 6.45) is 2.12. The van der Waals surface area contributed by atoms with Gasteiger partial charge in [-0.25, -0.2) is 0 Å². The predicted molar refractivity (Wildman–Crippen MR) is 56.3 cm³/mol. The quantitative estimate of drug-likeness (QED) is 0.718. The van der Waals surface area contributed by atoms with Gasteiger partial charge in [-0.2, -0.15) is 0 Å². The maximum atomic E-state index is 11.6. The Balaban J connectivity index is 2.52. The van der Waals surface area contributed by atoms with Crippen molar-refractivity contribution in [2.24, 2.45) is 0 Å². The third kappa shape index (κ3) is 3.75. The Morgan fingerprint density at radius 2 is 2.40 bits per heavy atom. The minimum absolute atomic E-state index is 0.114. The molecule has 4 heteroatoms. The van der Waals surface area contributed by atoms with Gasteiger partial charge < -0.3 is 14.1 Å². The Hall–Kier alpha value is -1.29. The summed E-state index contributed by atoms with van der Waals surface area (Å²) in [5.41, 5.74) is 0. The molecule has 0 aliphatic carbocycles. The van der Waals surface area contributed by atoms with Crippen LogP contribution in [0.1, 0.15) is 19.1 Å². The van der Waals surface area contributed by atoms with E-state index in [1.807, 2.05) is 19.1 Å². The Morgan fingerprint density at radius 1 is 1.60 bits per heavy atom. The van der Waals surface area contributed by atoms with Crippen LogP contribution in [0.25, 0.3) is 0 Å². The topological polar surface area (TPSA) is 42.7 Å². The highest BCUT2D eigenvalue weighted by molar-refractivity contribution is 5.75. The van der Waals surface area contributed by atoms with E-state index in [1.165, 1.54) is 0 Å². The second-order valence-electron chi connectivity index (χ2n) is 3.24. The molecule has 0 N–H and O–H groups in total. The average molecular weight is 211 g/mol. The van der Waals surface area contributed by atoms with Crippen LogP contribution < -0.4 is 0 Å². The van der Waals surface area contributed by atoms with Crippen molar-refractivity contribution in [3.05, 3.63) is 24.2 Å². The molecule has 0 radical (unpaired) electrons. The number of carbonyl (C=O) groups excluding carboxylic acids is 1. The van der Waals surface area contributed by atoms with Gasteiger partial charge in [0.05, 0.1) is 19.4 Å². The van der Waals surface area contributed by atoms with Gasteiger partial charge in [0.2, 0.25) is 5.91 Å². The fourth-order valence-electron chi connectivity index (χ4n) is 1.31. The van der Waals surface area contributed by atoms with Crippen molar-refractivity contribution in [3.63, 3.8) is 0 Å². The standard InChI is InChI=1S/C11H17NO3/c1-3-11(13)12(6-8-14-2)9-10-5-4-7-15-10/h4-5,7H,3,6,8-9H2,1-2H3. The molecule has 0 saturated carbocycles. The summed E-state index contributed by atoms with van der Waals surface area (Å²) >= 11 is 0. The second-order valence-corrected chi connectivity index (χ2v) is 3.24. The molecule has 1 amide bonds. The van der Waals surface area contributed by atoms with Gasteiger partial charge in [0.1, 0.15) is 5.76 Å². The summed E-state index contributed by atoms with van der Waals surface area (Å²) in [7, 11) is 1.63. The molecule has 1 rings (SSSR count). The van der Waals surface area contributed by atoms with Crippen molar-refractivity contribution in [2.45, 2.75) is 19.9 Å². The second kappa shape index (κ2) is 6.24. The molecule has 0 aromatic carbocycles. The molecular formula is C11H17NO3. The van der Waals surface area contributed by atoms with Gasteiger partial charge in [-0.15, -0.1) is 0 Å². The van der Waals surface area contributed by atoms with Crippen LogP contribution in [0, 0.1) is 0 Å². The Morgan fingerprint density at radius 3 is 2.93 bits per heavy atom. The van der Waals surface area contributed by atoms with Crippen LogP contribution in [-0.2, 0) is 16.1 Å². The summed E-state index contributed by atoms with van der Waals surface area (Å²) in [6, 6.07) is 3.68. The third-order valence-corrected chi connectivity index (χ3v) is 2.15. The fourth-order valence-corrected chi connectivity index (χ4v) is 1.31. The third-order valence-electron chi connectivity index (χ3n) is 2.15. The zero-order chi connectivity index (χ0) is 11.1. The van der Waals surface area contributed by atoms with Gasteiger partial charge in [-0.1, -0.05) is 6.92 Å². The number of amides is 1. The number of furan rings is 1. The van der Waals surface area contributed by atoms with E-state index < -0.39 is 0 Å². The summed E-state index contributed by atoms with van der Waals surface area (Å²) in [5.74, 6) is 0.913. The molecule has 0 aliphatic heterocycles. The largest absolute Gasteiger partial charge is 0.467 e. The molecule has 0 fully saturated rings. The fraction of sp³-hybridized carbons (Fsp3) is 0.545. The smallest absolute Gasteiger partial charge is 0.222 e. The Kier molecular flexibility index (Phi) is 4.90. The summed E-state index contributed by atoms with van der Waals surface area (Å²) in [4.78, 5) is 13.3. The van der Waals surface area contributed by atoms with Crippen molar-refractivity contribution in [1.82, 2.24) is 4.90 Å². The molecule has 0 unspecified atom stereocenters. The normalized spacial score (nSPS) is 10.3. The average Bonchev–Trinajstić information content (AvgIpc) is 2.75. The zero-order valence-electron chi connectivity index (χ0n) is 9.23. The first kappa shape index (κ1) is 11.8. The molecule has 1 aromatic heterocycles. The minimum atomic E-state index is 0.114. The Labute approximate surface area is 89.8 Å². The number of hydrogen-bond donors (Lipinski definition) is 0. The van der Waals surface area contributed by atoms with Crippen LogP contribution in [-0.4, -0.2) is 31.1 Å². The first-order chi connectivity index (χ1) is 7.27. The van der Waals surface area contributed by atoms with E-state index in [0.29, 0.717) is 26.1 Å². The van der Waals surface area contributed by atoms with E-state index in [-0.39, 0.29) is 5.91 Å². The monoisotopic (exact) mass is 211 g/mol. The van der Waals surface area contributed by atoms with Crippen molar-refractivity contribution < 1.29 is 13.9 Å². The molecule has 84 valence electrons. The molecule has 1 aromatic rings. The van der Waals surface area contributed by atoms with Crippen molar-refractivity contribution >= 4 is 5.91 Å². The minimum Gasteiger partial charge on any atom is -0.467 e. The van der Waals surface area contributed by atoms with Crippen LogP contribution >= 0.6 is 0 Å². The maximum Gasteiger partial charge on any atom is 0.222 e. The molecule has 0 bridgehead atoms. The predicted octanol–water partition coefficient (Wildman–Crippen LogP) is 1.66. The maximum absolute atomic E-state index is 11.6. The van der Waals surface area contributed by atoms with Gasteiger partial charge >= 0.3 is 0 Å². The first-order valence-electron chi connectivity index (χ1n) is 5.07. The molecule has 1 heterocycles. The summed E-state index contributed by atoms with van der Waals surface area (Å²) < 4.78 is 10.2. The van der Waals surface area contributed by atoms with Crippen LogP contribution in [0.15, 0.2) is 22.8 Å². The number of nitrogens with zero attached hydrogens (tertiary/aromatic N) is 1. The molecule has 4 nitrogen and oxygen atoms in total. The van der Waals surface area contributed by atoms with Crippen LogP contribution in [0.3, 0.4) is 0 Å². The van der Waals surface area contributed by atoms with Gasteiger partial charge in [-0.05, 0) is 12.1 Å². The van der Waals surface area contributed by atoms with Gasteiger partial charge in [0, 0.05) is 20.1 Å². The number of hydrogen-bond acceptors (Lipinski definition) is 3.